The van der Waals surface area contributed by atoms with Gasteiger partial charge in [0.25, 0.3) is 0 Å². The molecule has 8 heteroatoms. The Kier molecular flexibility index (Phi) is 3.82. The van der Waals surface area contributed by atoms with Gasteiger partial charge in [-0.15, -0.1) is 0 Å². The lowest BCUT2D eigenvalue weighted by atomic mass is 10.1. The molecule has 1 atom stereocenters. The maximum absolute atomic E-state index is 14.2. The third-order valence-corrected chi connectivity index (χ3v) is 6.79. The Hall–Kier alpha value is -1.90. The highest BCUT2D eigenvalue weighted by Crippen LogP contribution is 2.38. The predicted molar refractivity (Wildman–Crippen MR) is 89.7 cm³/mol. The summed E-state index contributed by atoms with van der Waals surface area (Å²) in [6.07, 6.45) is 1.30. The van der Waals surface area contributed by atoms with Gasteiger partial charge >= 0.3 is 0 Å². The molecule has 0 amide bonds. The molecular weight excluding hydrogens is 349 g/mol. The predicted octanol–water partition coefficient (Wildman–Crippen LogP) is 3.36. The minimum atomic E-state index is -3.78. The normalized spacial score (nSPS) is 19.1. The second-order valence-electron chi connectivity index (χ2n) is 5.68. The highest BCUT2D eigenvalue weighted by atomic mass is 32.2. The van der Waals surface area contributed by atoms with Crippen LogP contribution in [0.3, 0.4) is 0 Å². The van der Waals surface area contributed by atoms with Gasteiger partial charge in [-0.1, -0.05) is 24.3 Å². The van der Waals surface area contributed by atoms with E-state index in [0.29, 0.717) is 36.0 Å². The van der Waals surface area contributed by atoms with Crippen LogP contribution >= 0.6 is 11.7 Å². The number of aromatic nitrogens is 2. The third-order valence-electron chi connectivity index (χ3n) is 4.30. The summed E-state index contributed by atoms with van der Waals surface area (Å²) in [5.41, 5.74) is 1.35. The molecule has 0 spiro atoms. The first-order valence-electron chi connectivity index (χ1n) is 7.56. The van der Waals surface area contributed by atoms with Crippen LogP contribution in [0.4, 0.5) is 4.39 Å². The van der Waals surface area contributed by atoms with Crippen molar-refractivity contribution in [2.75, 3.05) is 6.54 Å². The quantitative estimate of drug-likeness (QED) is 0.716. The van der Waals surface area contributed by atoms with Crippen molar-refractivity contribution in [1.82, 2.24) is 13.1 Å². The van der Waals surface area contributed by atoms with Crippen molar-refractivity contribution in [2.45, 2.75) is 23.8 Å². The van der Waals surface area contributed by atoms with E-state index in [9.17, 15) is 12.8 Å². The zero-order valence-corrected chi connectivity index (χ0v) is 14.2. The van der Waals surface area contributed by atoms with Gasteiger partial charge in [-0.2, -0.15) is 13.1 Å². The number of halogens is 1. The largest absolute Gasteiger partial charge is 0.245 e. The molecule has 1 aliphatic rings. The van der Waals surface area contributed by atoms with E-state index in [4.69, 9.17) is 0 Å². The molecule has 3 aromatic rings. The van der Waals surface area contributed by atoms with E-state index in [2.05, 4.69) is 8.75 Å². The summed E-state index contributed by atoms with van der Waals surface area (Å²) in [5, 5.41) is 0. The Morgan fingerprint density at radius 1 is 1.12 bits per heavy atom. The first kappa shape index (κ1) is 15.6. The molecule has 0 aliphatic carbocycles. The lowest BCUT2D eigenvalue weighted by Gasteiger charge is -2.24. The first-order valence-corrected chi connectivity index (χ1v) is 9.73. The number of hydrogen-bond acceptors (Lipinski definition) is 5. The van der Waals surface area contributed by atoms with Crippen molar-refractivity contribution in [3.05, 3.63) is 53.8 Å². The van der Waals surface area contributed by atoms with Crippen LogP contribution in [-0.4, -0.2) is 28.0 Å². The molecule has 1 fully saturated rings. The van der Waals surface area contributed by atoms with Crippen molar-refractivity contribution < 1.29 is 12.8 Å². The lowest BCUT2D eigenvalue weighted by molar-refractivity contribution is 0.387. The molecule has 2 heterocycles. The van der Waals surface area contributed by atoms with Crippen molar-refractivity contribution in [3.63, 3.8) is 0 Å². The zero-order valence-electron chi connectivity index (χ0n) is 12.6. The van der Waals surface area contributed by atoms with Gasteiger partial charge in [0.2, 0.25) is 10.0 Å². The van der Waals surface area contributed by atoms with Gasteiger partial charge in [-0.25, -0.2) is 12.8 Å². The molecule has 2 aromatic carbocycles. The van der Waals surface area contributed by atoms with E-state index in [1.165, 1.54) is 16.4 Å². The maximum atomic E-state index is 14.2. The second kappa shape index (κ2) is 5.87. The smallest absolute Gasteiger partial charge is 0.207 e. The van der Waals surface area contributed by atoms with Crippen LogP contribution < -0.4 is 0 Å². The topological polar surface area (TPSA) is 63.2 Å². The third kappa shape index (κ3) is 2.42. The minimum Gasteiger partial charge on any atom is -0.207 e. The van der Waals surface area contributed by atoms with Gasteiger partial charge in [-0.05, 0) is 31.0 Å². The molecule has 4 rings (SSSR count). The Bertz CT molecular complexity index is 1000. The van der Waals surface area contributed by atoms with Crippen LogP contribution in [0.5, 0.6) is 0 Å². The van der Waals surface area contributed by atoms with Crippen molar-refractivity contribution in [3.8, 4) is 0 Å². The van der Waals surface area contributed by atoms with Crippen molar-refractivity contribution in [1.29, 1.82) is 0 Å². The van der Waals surface area contributed by atoms with E-state index < -0.39 is 16.1 Å². The van der Waals surface area contributed by atoms with Crippen LogP contribution in [0.2, 0.25) is 0 Å². The van der Waals surface area contributed by atoms with Crippen LogP contribution in [0.15, 0.2) is 47.4 Å². The summed E-state index contributed by atoms with van der Waals surface area (Å²) in [4.78, 5) is 0.136. The number of hydrogen-bond donors (Lipinski definition) is 0. The molecular formula is C16H14FN3O2S2. The fraction of sp³-hybridized carbons (Fsp3) is 0.250. The number of sulfonamides is 1. The van der Waals surface area contributed by atoms with E-state index >= 15 is 0 Å². The van der Waals surface area contributed by atoms with Crippen LogP contribution in [0.1, 0.15) is 24.4 Å². The van der Waals surface area contributed by atoms with Gasteiger partial charge in [0.05, 0.1) is 17.8 Å². The molecule has 24 heavy (non-hydrogen) atoms. The minimum absolute atomic E-state index is 0.136. The summed E-state index contributed by atoms with van der Waals surface area (Å²) in [6.45, 7) is 0.370. The van der Waals surface area contributed by atoms with Gasteiger partial charge in [0, 0.05) is 12.1 Å². The van der Waals surface area contributed by atoms with Gasteiger partial charge in [0.1, 0.15) is 21.7 Å². The van der Waals surface area contributed by atoms with Crippen LogP contribution in [0.25, 0.3) is 11.0 Å². The van der Waals surface area contributed by atoms with Gasteiger partial charge in [0.15, 0.2) is 0 Å². The van der Waals surface area contributed by atoms with E-state index in [1.54, 1.807) is 30.3 Å². The highest BCUT2D eigenvalue weighted by molar-refractivity contribution is 7.89. The SMILES string of the molecule is O=S(=O)(c1cccc2nsnc12)N1CCCC1c1ccccc1F. The molecule has 0 bridgehead atoms. The molecule has 1 aromatic heterocycles. The molecule has 0 radical (unpaired) electrons. The highest BCUT2D eigenvalue weighted by Gasteiger charge is 2.38. The summed E-state index contributed by atoms with van der Waals surface area (Å²) in [5.74, 6) is -0.377. The lowest BCUT2D eigenvalue weighted by Crippen LogP contribution is -2.31. The van der Waals surface area contributed by atoms with Crippen LogP contribution in [0, 0.1) is 5.82 Å². The fourth-order valence-electron chi connectivity index (χ4n) is 3.20. The number of fused-ring (bicyclic) bond motifs is 1. The second-order valence-corrected chi connectivity index (χ2v) is 8.07. The number of rotatable bonds is 3. The monoisotopic (exact) mass is 363 g/mol. The average molecular weight is 363 g/mol. The Balaban J connectivity index is 1.82. The summed E-state index contributed by atoms with van der Waals surface area (Å²) in [7, 11) is -3.78. The van der Waals surface area contributed by atoms with Crippen LogP contribution in [-0.2, 0) is 10.0 Å². The standard InChI is InChI=1S/C16H14FN3O2S2/c17-12-6-2-1-5-11(12)14-8-4-10-20(14)24(21,22)15-9-3-7-13-16(15)19-23-18-13/h1-3,5-7,9,14H,4,8,10H2. The van der Waals surface area contributed by atoms with Gasteiger partial charge < -0.3 is 0 Å². The number of benzene rings is 2. The molecule has 1 aliphatic heterocycles. The van der Waals surface area contributed by atoms with E-state index in [0.717, 1.165) is 11.7 Å². The molecule has 124 valence electrons. The van der Waals surface area contributed by atoms with Crippen molar-refractivity contribution >= 4 is 32.8 Å². The fourth-order valence-corrected chi connectivity index (χ4v) is 5.63. The molecule has 0 N–H and O–H groups in total. The van der Waals surface area contributed by atoms with E-state index in [1.807, 2.05) is 0 Å². The zero-order chi connectivity index (χ0) is 16.7. The van der Waals surface area contributed by atoms with Crippen molar-refractivity contribution in [2.24, 2.45) is 0 Å². The number of nitrogens with zero attached hydrogens (tertiary/aromatic N) is 3. The maximum Gasteiger partial charge on any atom is 0.245 e. The Morgan fingerprint density at radius 3 is 2.79 bits per heavy atom. The molecule has 5 nitrogen and oxygen atoms in total. The Morgan fingerprint density at radius 2 is 1.96 bits per heavy atom. The molecule has 1 saturated heterocycles. The summed E-state index contributed by atoms with van der Waals surface area (Å²) >= 11 is 0.982. The summed E-state index contributed by atoms with van der Waals surface area (Å²) in [6, 6.07) is 10.8. The van der Waals surface area contributed by atoms with Gasteiger partial charge in [-0.3, -0.25) is 0 Å². The molecule has 0 saturated carbocycles. The summed E-state index contributed by atoms with van der Waals surface area (Å²) < 4.78 is 50.1. The Labute approximate surface area is 143 Å². The van der Waals surface area contributed by atoms with E-state index in [-0.39, 0.29) is 10.7 Å². The average Bonchev–Trinajstić information content (AvgIpc) is 3.24. The first-order chi connectivity index (χ1) is 11.6. The molecule has 1 unspecified atom stereocenters.